The largest absolute Gasteiger partial charge is 0.386 e. The fourth-order valence-electron chi connectivity index (χ4n) is 2.39. The zero-order valence-electron chi connectivity index (χ0n) is 11.0. The lowest BCUT2D eigenvalue weighted by atomic mass is 10.0. The van der Waals surface area contributed by atoms with Crippen molar-refractivity contribution in [2.75, 3.05) is 26.2 Å². The van der Waals surface area contributed by atoms with Gasteiger partial charge in [-0.1, -0.05) is 19.1 Å². The van der Waals surface area contributed by atoms with Gasteiger partial charge in [0.1, 0.15) is 18.0 Å². The van der Waals surface area contributed by atoms with E-state index >= 15 is 0 Å². The lowest BCUT2D eigenvalue weighted by Gasteiger charge is -2.35. The van der Waals surface area contributed by atoms with Crippen molar-refractivity contribution in [3.05, 3.63) is 34.1 Å². The third kappa shape index (κ3) is 3.54. The molecule has 0 bridgehead atoms. The van der Waals surface area contributed by atoms with Gasteiger partial charge in [-0.05, 0) is 35.0 Å². The fraction of sp³-hybridized carbons (Fsp3) is 0.571. The van der Waals surface area contributed by atoms with E-state index in [4.69, 9.17) is 4.74 Å². The Bertz CT molecular complexity index is 428. The van der Waals surface area contributed by atoms with Gasteiger partial charge in [0, 0.05) is 18.7 Å². The summed E-state index contributed by atoms with van der Waals surface area (Å²) in [4.78, 5) is 2.24. The zero-order chi connectivity index (χ0) is 13.8. The summed E-state index contributed by atoms with van der Waals surface area (Å²) in [6.45, 7) is 5.19. The zero-order valence-corrected chi connectivity index (χ0v) is 12.6. The molecule has 1 heterocycles. The third-order valence-corrected chi connectivity index (χ3v) is 3.98. The number of ether oxygens (including phenoxy) is 1. The average Bonchev–Trinajstić information content (AvgIpc) is 2.42. The van der Waals surface area contributed by atoms with Gasteiger partial charge in [0.15, 0.2) is 0 Å². The Morgan fingerprint density at radius 3 is 3.11 bits per heavy atom. The highest BCUT2D eigenvalue weighted by molar-refractivity contribution is 9.10. The van der Waals surface area contributed by atoms with E-state index in [0.29, 0.717) is 17.6 Å². The Morgan fingerprint density at radius 2 is 2.37 bits per heavy atom. The topological polar surface area (TPSA) is 32.7 Å². The van der Waals surface area contributed by atoms with Gasteiger partial charge < -0.3 is 9.84 Å². The van der Waals surface area contributed by atoms with Gasteiger partial charge in [-0.15, -0.1) is 0 Å². The number of nitrogens with zero attached hydrogens (tertiary/aromatic N) is 1. The van der Waals surface area contributed by atoms with Crippen LogP contribution in [0.2, 0.25) is 0 Å². The number of hydrogen-bond acceptors (Lipinski definition) is 3. The summed E-state index contributed by atoms with van der Waals surface area (Å²) in [5, 5.41) is 10.3. The molecule has 19 heavy (non-hydrogen) atoms. The van der Waals surface area contributed by atoms with Crippen molar-refractivity contribution in [2.45, 2.75) is 25.6 Å². The van der Waals surface area contributed by atoms with Crippen LogP contribution >= 0.6 is 15.9 Å². The number of benzene rings is 1. The van der Waals surface area contributed by atoms with Crippen LogP contribution < -0.4 is 0 Å². The van der Waals surface area contributed by atoms with Crippen molar-refractivity contribution in [1.82, 2.24) is 4.90 Å². The quantitative estimate of drug-likeness (QED) is 0.920. The van der Waals surface area contributed by atoms with Crippen LogP contribution in [0.3, 0.4) is 0 Å². The van der Waals surface area contributed by atoms with Crippen molar-refractivity contribution in [3.8, 4) is 0 Å². The predicted octanol–water partition coefficient (Wildman–Crippen LogP) is 2.73. The van der Waals surface area contributed by atoms with Gasteiger partial charge >= 0.3 is 0 Å². The van der Waals surface area contributed by atoms with E-state index in [1.165, 1.54) is 0 Å². The molecule has 1 aromatic rings. The minimum absolute atomic E-state index is 0.290. The molecule has 0 radical (unpaired) electrons. The van der Waals surface area contributed by atoms with E-state index in [-0.39, 0.29) is 11.7 Å². The van der Waals surface area contributed by atoms with Crippen LogP contribution in [-0.2, 0) is 4.74 Å². The Hall–Kier alpha value is -0.490. The molecular weight excluding hydrogens is 313 g/mol. The summed E-state index contributed by atoms with van der Waals surface area (Å²) >= 11 is 3.14. The maximum atomic E-state index is 14.0. The molecule has 0 aromatic heterocycles. The molecule has 0 saturated carbocycles. The molecule has 1 saturated heterocycles. The Morgan fingerprint density at radius 1 is 1.58 bits per heavy atom. The Kier molecular flexibility index (Phi) is 5.33. The fourth-order valence-corrected chi connectivity index (χ4v) is 2.77. The van der Waals surface area contributed by atoms with E-state index in [2.05, 4.69) is 27.8 Å². The summed E-state index contributed by atoms with van der Waals surface area (Å²) < 4.78 is 19.9. The van der Waals surface area contributed by atoms with Gasteiger partial charge in [0.25, 0.3) is 0 Å². The molecule has 1 aliphatic rings. The molecule has 0 spiro atoms. The monoisotopic (exact) mass is 331 g/mol. The second-order valence-corrected chi connectivity index (χ2v) is 5.65. The molecule has 2 rings (SSSR count). The molecule has 2 unspecified atom stereocenters. The second kappa shape index (κ2) is 6.79. The van der Waals surface area contributed by atoms with Gasteiger partial charge in [-0.3, -0.25) is 4.90 Å². The molecule has 1 aromatic carbocycles. The Balaban J connectivity index is 2.10. The number of morpholine rings is 1. The van der Waals surface area contributed by atoms with Crippen LogP contribution in [0.25, 0.3) is 0 Å². The smallest absolute Gasteiger partial charge is 0.143 e. The second-order valence-electron chi connectivity index (χ2n) is 4.80. The number of aliphatic hydroxyl groups is 1. The predicted molar refractivity (Wildman–Crippen MR) is 75.5 cm³/mol. The molecule has 0 aliphatic carbocycles. The van der Waals surface area contributed by atoms with Gasteiger partial charge in [0.2, 0.25) is 0 Å². The highest BCUT2D eigenvalue weighted by Crippen LogP contribution is 2.28. The van der Waals surface area contributed by atoms with Crippen molar-refractivity contribution < 1.29 is 14.2 Å². The molecule has 106 valence electrons. The van der Waals surface area contributed by atoms with E-state index in [0.717, 1.165) is 19.5 Å². The van der Waals surface area contributed by atoms with Crippen LogP contribution in [0.15, 0.2) is 22.7 Å². The van der Waals surface area contributed by atoms with Crippen LogP contribution in [-0.4, -0.2) is 42.4 Å². The van der Waals surface area contributed by atoms with Gasteiger partial charge in [0.05, 0.1) is 11.1 Å². The highest BCUT2D eigenvalue weighted by Gasteiger charge is 2.29. The molecule has 2 atom stereocenters. The van der Waals surface area contributed by atoms with E-state index < -0.39 is 11.9 Å². The maximum absolute atomic E-state index is 14.0. The standard InChI is InChI=1S/C14H19BrFNO2/c1-2-6-17-7-8-19-12(9-17)14(18)10-4-3-5-11(15)13(10)16/h3-5,12,14,18H,2,6-9H2,1H3. The van der Waals surface area contributed by atoms with E-state index in [9.17, 15) is 9.50 Å². The Labute approximate surface area is 121 Å². The summed E-state index contributed by atoms with van der Waals surface area (Å²) in [7, 11) is 0. The first-order valence-electron chi connectivity index (χ1n) is 6.59. The van der Waals surface area contributed by atoms with Crippen LogP contribution in [0.4, 0.5) is 4.39 Å². The normalized spacial score (nSPS) is 22.4. The highest BCUT2D eigenvalue weighted by atomic mass is 79.9. The van der Waals surface area contributed by atoms with Crippen molar-refractivity contribution in [3.63, 3.8) is 0 Å². The maximum Gasteiger partial charge on any atom is 0.143 e. The van der Waals surface area contributed by atoms with Crippen molar-refractivity contribution in [1.29, 1.82) is 0 Å². The summed E-state index contributed by atoms with van der Waals surface area (Å²) in [5.74, 6) is -0.411. The van der Waals surface area contributed by atoms with Crippen LogP contribution in [0.1, 0.15) is 25.0 Å². The summed E-state index contributed by atoms with van der Waals surface area (Å²) in [6, 6.07) is 4.95. The van der Waals surface area contributed by atoms with E-state index in [1.54, 1.807) is 18.2 Å². The first-order chi connectivity index (χ1) is 9.13. The summed E-state index contributed by atoms with van der Waals surface area (Å²) in [5.41, 5.74) is 0.290. The summed E-state index contributed by atoms with van der Waals surface area (Å²) in [6.07, 6.45) is -0.241. The van der Waals surface area contributed by atoms with Crippen molar-refractivity contribution >= 4 is 15.9 Å². The average molecular weight is 332 g/mol. The molecule has 1 N–H and O–H groups in total. The number of halogens is 2. The number of aliphatic hydroxyl groups excluding tert-OH is 1. The molecule has 1 aliphatic heterocycles. The van der Waals surface area contributed by atoms with Crippen LogP contribution in [0, 0.1) is 5.82 Å². The first-order valence-corrected chi connectivity index (χ1v) is 7.38. The lowest BCUT2D eigenvalue weighted by Crippen LogP contribution is -2.45. The van der Waals surface area contributed by atoms with Crippen molar-refractivity contribution in [2.24, 2.45) is 0 Å². The van der Waals surface area contributed by atoms with E-state index in [1.807, 2.05) is 0 Å². The minimum Gasteiger partial charge on any atom is -0.386 e. The number of hydrogen-bond donors (Lipinski definition) is 1. The van der Waals surface area contributed by atoms with Crippen LogP contribution in [0.5, 0.6) is 0 Å². The molecule has 3 nitrogen and oxygen atoms in total. The lowest BCUT2D eigenvalue weighted by molar-refractivity contribution is -0.0907. The third-order valence-electron chi connectivity index (χ3n) is 3.37. The van der Waals surface area contributed by atoms with Gasteiger partial charge in [-0.2, -0.15) is 0 Å². The SMILES string of the molecule is CCCN1CCOC(C(O)c2cccc(Br)c2F)C1. The minimum atomic E-state index is -0.933. The molecule has 0 amide bonds. The molecule has 5 heteroatoms. The van der Waals surface area contributed by atoms with Gasteiger partial charge in [-0.25, -0.2) is 4.39 Å². The first kappa shape index (κ1) is 14.9. The molecular formula is C14H19BrFNO2. The molecule has 1 fully saturated rings. The number of rotatable bonds is 4.